The van der Waals surface area contributed by atoms with Crippen molar-refractivity contribution in [2.45, 2.75) is 37.1 Å². The largest absolute Gasteiger partial charge is 0.481 e. The molecule has 5 atom stereocenters. The molecule has 0 bridgehead atoms. The number of rotatable bonds is 10. The zero-order chi connectivity index (χ0) is 24.3. The van der Waals surface area contributed by atoms with Gasteiger partial charge in [0.15, 0.2) is 24.6 Å². The van der Waals surface area contributed by atoms with Crippen LogP contribution < -0.4 is 4.57 Å². The van der Waals surface area contributed by atoms with Gasteiger partial charge in [0.25, 0.3) is 6.23 Å². The lowest BCUT2D eigenvalue weighted by Gasteiger charge is -2.28. The van der Waals surface area contributed by atoms with Gasteiger partial charge in [-0.1, -0.05) is 0 Å². The highest BCUT2D eigenvalue weighted by Gasteiger charge is 2.49. The number of phosphoric ester groups is 1. The van der Waals surface area contributed by atoms with E-state index in [1.54, 1.807) is 0 Å². The topological polar surface area (TPSA) is 184 Å². The summed E-state index contributed by atoms with van der Waals surface area (Å²) in [6.07, 6.45) is -3.89. The van der Waals surface area contributed by atoms with Gasteiger partial charge in [0, 0.05) is 6.07 Å². The number of aliphatic carboxylic acids is 1. The van der Waals surface area contributed by atoms with E-state index < -0.39 is 57.0 Å². The van der Waals surface area contributed by atoms with Crippen molar-refractivity contribution >= 4 is 19.8 Å². The summed E-state index contributed by atoms with van der Waals surface area (Å²) < 4.78 is 27.7. The normalized spacial score (nSPS) is 24.8. The Bertz CT molecular complexity index is 869. The first-order valence-corrected chi connectivity index (χ1v) is 11.1. The number of ether oxygens (including phenoxy) is 2. The molecule has 0 amide bonds. The molecule has 0 aliphatic carbocycles. The fourth-order valence-electron chi connectivity index (χ4n) is 3.22. The van der Waals surface area contributed by atoms with Crippen molar-refractivity contribution in [3.8, 4) is 0 Å². The molecule has 1 aromatic rings. The molecular formula is C18H29N2O11P+2. The summed E-state index contributed by atoms with van der Waals surface area (Å²) in [6, 6.07) is 2.89. The van der Waals surface area contributed by atoms with E-state index in [-0.39, 0.29) is 18.5 Å². The molecule has 0 aromatic carbocycles. The lowest BCUT2D eigenvalue weighted by atomic mass is 10.1. The van der Waals surface area contributed by atoms with Gasteiger partial charge < -0.3 is 39.1 Å². The molecule has 1 saturated heterocycles. The van der Waals surface area contributed by atoms with Crippen LogP contribution in [0.3, 0.4) is 0 Å². The van der Waals surface area contributed by atoms with Gasteiger partial charge in [-0.25, -0.2) is 9.36 Å². The maximum atomic E-state index is 12.6. The molecule has 0 spiro atoms. The SMILES string of the molecule is C[N+](C)(C)C[C@@H](CC(=O)O)OC(=O)c1ccc[n+]([C@@H]2O[C@H](COP(=O)(O)O)[C@@H](O)[C@H]2O)c1. The van der Waals surface area contributed by atoms with Crippen molar-refractivity contribution in [1.82, 2.24) is 0 Å². The van der Waals surface area contributed by atoms with Gasteiger partial charge in [0.2, 0.25) is 0 Å². The van der Waals surface area contributed by atoms with Gasteiger partial charge in [-0.2, -0.15) is 4.57 Å². The van der Waals surface area contributed by atoms with E-state index in [1.165, 1.54) is 29.1 Å². The third kappa shape index (κ3) is 7.87. The molecule has 0 radical (unpaired) electrons. The number of carboxylic acids is 1. The Kier molecular flexibility index (Phi) is 8.48. The molecule has 14 heteroatoms. The number of hydrogen-bond donors (Lipinski definition) is 5. The number of nitrogens with zero attached hydrogens (tertiary/aromatic N) is 2. The van der Waals surface area contributed by atoms with E-state index in [1.807, 2.05) is 21.1 Å². The smallest absolute Gasteiger partial charge is 0.469 e. The number of carboxylic acid groups (broad SMARTS) is 1. The Labute approximate surface area is 184 Å². The van der Waals surface area contributed by atoms with Gasteiger partial charge in [-0.3, -0.25) is 9.32 Å². The van der Waals surface area contributed by atoms with Crippen LogP contribution in [0.25, 0.3) is 0 Å². The molecule has 13 nitrogen and oxygen atoms in total. The summed E-state index contributed by atoms with van der Waals surface area (Å²) in [5, 5.41) is 29.5. The number of hydrogen-bond acceptors (Lipinski definition) is 8. The molecule has 5 N–H and O–H groups in total. The maximum Gasteiger partial charge on any atom is 0.469 e. The van der Waals surface area contributed by atoms with Crippen molar-refractivity contribution in [1.29, 1.82) is 0 Å². The molecule has 2 rings (SSSR count). The van der Waals surface area contributed by atoms with Crippen LogP contribution in [-0.4, -0.2) is 100 Å². The van der Waals surface area contributed by atoms with Crippen LogP contribution in [0.2, 0.25) is 0 Å². The van der Waals surface area contributed by atoms with Gasteiger partial charge in [0.05, 0.1) is 34.2 Å². The fourth-order valence-corrected chi connectivity index (χ4v) is 3.57. The zero-order valence-corrected chi connectivity index (χ0v) is 18.7. The number of carbonyl (C=O) groups is 2. The highest BCUT2D eigenvalue weighted by Crippen LogP contribution is 2.37. The van der Waals surface area contributed by atoms with E-state index in [4.69, 9.17) is 24.4 Å². The summed E-state index contributed by atoms with van der Waals surface area (Å²) in [7, 11) is 0.688. The number of likely N-dealkylation sites (N-methyl/N-ethyl adjacent to an activating group) is 1. The average molecular weight is 480 g/mol. The Morgan fingerprint density at radius 3 is 2.47 bits per heavy atom. The van der Waals surface area contributed by atoms with Crippen LogP contribution in [0.5, 0.6) is 0 Å². The Morgan fingerprint density at radius 1 is 1.25 bits per heavy atom. The highest BCUT2D eigenvalue weighted by molar-refractivity contribution is 7.46. The molecule has 1 aliphatic rings. The number of aliphatic hydroxyl groups excluding tert-OH is 2. The van der Waals surface area contributed by atoms with Gasteiger partial charge in [-0.05, 0) is 6.07 Å². The lowest BCUT2D eigenvalue weighted by molar-refractivity contribution is -0.873. The molecule has 1 fully saturated rings. The predicted octanol–water partition coefficient (Wildman–Crippen LogP) is -1.59. The first-order chi connectivity index (χ1) is 14.7. The Morgan fingerprint density at radius 2 is 1.91 bits per heavy atom. The van der Waals surface area contributed by atoms with Crippen LogP contribution in [-0.2, 0) is 23.4 Å². The van der Waals surface area contributed by atoms with Crippen LogP contribution in [0.4, 0.5) is 0 Å². The molecule has 32 heavy (non-hydrogen) atoms. The molecular weight excluding hydrogens is 451 g/mol. The fraction of sp³-hybridized carbons (Fsp3) is 0.611. The van der Waals surface area contributed by atoms with E-state index >= 15 is 0 Å². The number of aliphatic hydroxyl groups is 2. The molecule has 2 heterocycles. The number of phosphoric acid groups is 1. The lowest BCUT2D eigenvalue weighted by Crippen LogP contribution is -2.46. The maximum absolute atomic E-state index is 12.6. The van der Waals surface area contributed by atoms with Gasteiger partial charge in [-0.15, -0.1) is 0 Å². The molecule has 0 unspecified atom stereocenters. The van der Waals surface area contributed by atoms with Crippen LogP contribution >= 0.6 is 7.82 Å². The number of aromatic nitrogens is 1. The predicted molar refractivity (Wildman–Crippen MR) is 105 cm³/mol. The second-order valence-corrected chi connectivity index (χ2v) is 9.71. The quantitative estimate of drug-likeness (QED) is 0.113. The minimum atomic E-state index is -4.80. The summed E-state index contributed by atoms with van der Waals surface area (Å²) >= 11 is 0. The third-order valence-electron chi connectivity index (χ3n) is 4.52. The number of quaternary nitrogens is 1. The highest BCUT2D eigenvalue weighted by atomic mass is 31.2. The van der Waals surface area contributed by atoms with Crippen molar-refractivity contribution in [2.24, 2.45) is 0 Å². The minimum absolute atomic E-state index is 0.0458. The Hall–Kier alpha value is -1.96. The summed E-state index contributed by atoms with van der Waals surface area (Å²) in [5.74, 6) is -1.90. The monoisotopic (exact) mass is 480 g/mol. The van der Waals surface area contributed by atoms with Gasteiger partial charge >= 0.3 is 19.8 Å². The minimum Gasteiger partial charge on any atom is -0.481 e. The summed E-state index contributed by atoms with van der Waals surface area (Å²) in [5.41, 5.74) is 0.0458. The van der Waals surface area contributed by atoms with Crippen LogP contribution in [0, 0.1) is 0 Å². The van der Waals surface area contributed by atoms with Crippen molar-refractivity contribution in [3.63, 3.8) is 0 Å². The summed E-state index contributed by atoms with van der Waals surface area (Å²) in [4.78, 5) is 41.3. The molecule has 1 aromatic heterocycles. The third-order valence-corrected chi connectivity index (χ3v) is 5.01. The second-order valence-electron chi connectivity index (χ2n) is 8.47. The molecule has 0 saturated carbocycles. The van der Waals surface area contributed by atoms with E-state index in [0.717, 1.165) is 0 Å². The average Bonchev–Trinajstić information content (AvgIpc) is 2.92. The zero-order valence-electron chi connectivity index (χ0n) is 17.8. The number of carbonyl (C=O) groups excluding carboxylic acids is 1. The number of esters is 1. The van der Waals surface area contributed by atoms with E-state index in [0.29, 0.717) is 4.48 Å². The first-order valence-electron chi connectivity index (χ1n) is 9.62. The van der Waals surface area contributed by atoms with Crippen LogP contribution in [0.1, 0.15) is 23.0 Å². The summed E-state index contributed by atoms with van der Waals surface area (Å²) in [6.45, 7) is -0.397. The van der Waals surface area contributed by atoms with Crippen molar-refractivity contribution in [2.75, 3.05) is 34.3 Å². The molecule has 180 valence electrons. The van der Waals surface area contributed by atoms with E-state index in [2.05, 4.69) is 4.52 Å². The van der Waals surface area contributed by atoms with Crippen molar-refractivity contribution in [3.05, 3.63) is 30.1 Å². The second kappa shape index (κ2) is 10.3. The molecule has 1 aliphatic heterocycles. The number of pyridine rings is 1. The standard InChI is InChI=1S/C18H27N2O11P/c1-20(2,3)9-12(7-14(21)22)30-18(25)11-5-4-6-19(8-11)17-16(24)15(23)13(31-17)10-29-32(26,27)28/h4-6,8,12-13,15-17,23-24H,7,9-10H2,1-3H3,(H-2,21,22,26,27,28)/p+2/t12-,13-,15-,16-,17-/m1/s1. The van der Waals surface area contributed by atoms with Crippen molar-refractivity contribution < 1.29 is 62.3 Å². The Balaban J connectivity index is 2.14. The first kappa shape index (κ1) is 26.3. The van der Waals surface area contributed by atoms with E-state index in [9.17, 15) is 24.4 Å². The van der Waals surface area contributed by atoms with Crippen LogP contribution in [0.15, 0.2) is 24.5 Å². The van der Waals surface area contributed by atoms with Gasteiger partial charge in [0.1, 0.15) is 24.3 Å².